The van der Waals surface area contributed by atoms with Crippen molar-refractivity contribution in [2.45, 2.75) is 19.8 Å². The Labute approximate surface area is 129 Å². The van der Waals surface area contributed by atoms with E-state index in [9.17, 15) is 9.18 Å². The highest BCUT2D eigenvalue weighted by Crippen LogP contribution is 2.24. The molecule has 1 aromatic heterocycles. The van der Waals surface area contributed by atoms with E-state index in [4.69, 9.17) is 11.6 Å². The van der Waals surface area contributed by atoms with E-state index < -0.39 is 5.82 Å². The number of aryl methyl sites for hydroxylation is 2. The molecular formula is C14H13BrClFN2O. The Morgan fingerprint density at radius 1 is 1.50 bits per heavy atom. The molecule has 0 saturated heterocycles. The largest absolute Gasteiger partial charge is 0.294 e. The second kappa shape index (κ2) is 6.06. The van der Waals surface area contributed by atoms with E-state index >= 15 is 0 Å². The van der Waals surface area contributed by atoms with Crippen LogP contribution in [0.2, 0.25) is 5.02 Å². The minimum absolute atomic E-state index is 0.0235. The topological polar surface area (TPSA) is 34.9 Å². The Bertz CT molecular complexity index is 669. The van der Waals surface area contributed by atoms with Crippen LogP contribution in [0.25, 0.3) is 0 Å². The molecule has 6 heteroatoms. The van der Waals surface area contributed by atoms with Crippen molar-refractivity contribution in [3.63, 3.8) is 0 Å². The lowest BCUT2D eigenvalue weighted by molar-refractivity contribution is 0.0986. The molecule has 0 aliphatic rings. The van der Waals surface area contributed by atoms with Gasteiger partial charge in [0.05, 0.1) is 32.9 Å². The van der Waals surface area contributed by atoms with Crippen molar-refractivity contribution >= 4 is 33.3 Å². The number of Topliss-reactive ketones (excluding diaryl/α,β-unsaturated/α-hetero) is 1. The van der Waals surface area contributed by atoms with Crippen LogP contribution in [0, 0.1) is 5.82 Å². The summed E-state index contributed by atoms with van der Waals surface area (Å²) in [7, 11) is 1.73. The first-order valence-electron chi connectivity index (χ1n) is 6.13. The van der Waals surface area contributed by atoms with Crippen LogP contribution >= 0.6 is 27.5 Å². The molecule has 0 aliphatic carbocycles. The summed E-state index contributed by atoms with van der Waals surface area (Å²) in [5, 5.41) is 4.73. The summed E-state index contributed by atoms with van der Waals surface area (Å²) < 4.78 is 15.8. The van der Waals surface area contributed by atoms with Crippen molar-refractivity contribution in [1.29, 1.82) is 0 Å². The lowest BCUT2D eigenvalue weighted by Crippen LogP contribution is -2.10. The van der Waals surface area contributed by atoms with E-state index in [2.05, 4.69) is 21.0 Å². The van der Waals surface area contributed by atoms with Gasteiger partial charge in [0.1, 0.15) is 5.82 Å². The number of hydrogen-bond donors (Lipinski definition) is 0. The van der Waals surface area contributed by atoms with Gasteiger partial charge in [-0.3, -0.25) is 9.48 Å². The maximum Gasteiger partial charge on any atom is 0.171 e. The number of hydrogen-bond acceptors (Lipinski definition) is 2. The molecule has 1 heterocycles. The molecule has 0 amide bonds. The van der Waals surface area contributed by atoms with Crippen LogP contribution in [0.1, 0.15) is 28.7 Å². The van der Waals surface area contributed by atoms with Gasteiger partial charge in [-0.1, -0.05) is 24.6 Å². The third-order valence-corrected chi connectivity index (χ3v) is 4.13. The van der Waals surface area contributed by atoms with Crippen LogP contribution in [0.5, 0.6) is 0 Å². The number of rotatable bonds is 4. The Morgan fingerprint density at radius 3 is 2.80 bits per heavy atom. The van der Waals surface area contributed by atoms with E-state index in [0.29, 0.717) is 17.1 Å². The number of carbonyl (C=O) groups excluding carboxylic acids is 1. The molecule has 0 saturated carbocycles. The molecule has 106 valence electrons. The van der Waals surface area contributed by atoms with Crippen molar-refractivity contribution in [3.8, 4) is 0 Å². The zero-order valence-corrected chi connectivity index (χ0v) is 13.4. The second-order valence-corrected chi connectivity index (χ2v) is 5.62. The van der Waals surface area contributed by atoms with Crippen LogP contribution in [-0.4, -0.2) is 15.6 Å². The first-order valence-corrected chi connectivity index (χ1v) is 7.30. The van der Waals surface area contributed by atoms with Gasteiger partial charge in [0.2, 0.25) is 0 Å². The molecular weight excluding hydrogens is 347 g/mol. The summed E-state index contributed by atoms with van der Waals surface area (Å²) in [5.74, 6) is -0.872. The van der Waals surface area contributed by atoms with E-state index in [-0.39, 0.29) is 22.2 Å². The highest BCUT2D eigenvalue weighted by Gasteiger charge is 2.19. The highest BCUT2D eigenvalue weighted by atomic mass is 79.9. The summed E-state index contributed by atoms with van der Waals surface area (Å²) >= 11 is 9.27. The predicted molar refractivity (Wildman–Crippen MR) is 79.7 cm³/mol. The smallest absolute Gasteiger partial charge is 0.171 e. The summed E-state index contributed by atoms with van der Waals surface area (Å²) in [4.78, 5) is 12.2. The maximum atomic E-state index is 13.9. The molecule has 2 rings (SSSR count). The fourth-order valence-corrected chi connectivity index (χ4v) is 2.71. The molecule has 3 nitrogen and oxygen atoms in total. The number of benzene rings is 1. The average Bonchev–Trinajstić information content (AvgIpc) is 2.69. The first-order chi connectivity index (χ1) is 9.45. The molecule has 0 aliphatic heterocycles. The maximum absolute atomic E-state index is 13.9. The number of nitrogens with zero attached hydrogens (tertiary/aromatic N) is 2. The first kappa shape index (κ1) is 15.2. The lowest BCUT2D eigenvalue weighted by atomic mass is 10.1. The van der Waals surface area contributed by atoms with Crippen LogP contribution in [0.4, 0.5) is 4.39 Å². The van der Waals surface area contributed by atoms with Crippen LogP contribution in [-0.2, 0) is 19.9 Å². The minimum Gasteiger partial charge on any atom is -0.294 e. The summed E-state index contributed by atoms with van der Waals surface area (Å²) in [6, 6.07) is 4.65. The average molecular weight is 360 g/mol. The van der Waals surface area contributed by atoms with Gasteiger partial charge in [-0.05, 0) is 34.5 Å². The number of ketones is 1. The van der Waals surface area contributed by atoms with Crippen molar-refractivity contribution < 1.29 is 9.18 Å². The molecule has 0 bridgehead atoms. The predicted octanol–water partition coefficient (Wildman–Crippen LogP) is 3.96. The van der Waals surface area contributed by atoms with E-state index in [0.717, 1.165) is 5.69 Å². The van der Waals surface area contributed by atoms with Gasteiger partial charge in [0, 0.05) is 7.05 Å². The summed E-state index contributed by atoms with van der Waals surface area (Å²) in [6.45, 7) is 1.94. The number of carbonyl (C=O) groups is 1. The van der Waals surface area contributed by atoms with Crippen molar-refractivity contribution in [2.75, 3.05) is 0 Å². The molecule has 1 aromatic carbocycles. The van der Waals surface area contributed by atoms with Gasteiger partial charge in [0.25, 0.3) is 0 Å². The fourth-order valence-electron chi connectivity index (χ4n) is 1.98. The molecule has 20 heavy (non-hydrogen) atoms. The molecule has 0 radical (unpaired) electrons. The molecule has 2 aromatic rings. The number of aromatic nitrogens is 2. The monoisotopic (exact) mass is 358 g/mol. The van der Waals surface area contributed by atoms with E-state index in [1.807, 2.05) is 6.92 Å². The Balaban J connectivity index is 2.33. The molecule has 0 fully saturated rings. The van der Waals surface area contributed by atoms with Crippen LogP contribution in [0.15, 0.2) is 22.7 Å². The standard InChI is InChI=1S/C14H13BrClFN2O/c1-3-10-13(16)11(19(2)18-10)7-12(20)8-5-4-6-9(15)14(8)17/h4-6H,3,7H2,1-2H3. The molecule has 0 spiro atoms. The molecule has 0 N–H and O–H groups in total. The van der Waals surface area contributed by atoms with Gasteiger partial charge in [-0.25, -0.2) is 4.39 Å². The highest BCUT2D eigenvalue weighted by molar-refractivity contribution is 9.10. The minimum atomic E-state index is -0.550. The summed E-state index contributed by atoms with van der Waals surface area (Å²) in [6.07, 6.45) is 0.710. The van der Waals surface area contributed by atoms with Crippen LogP contribution in [0.3, 0.4) is 0 Å². The van der Waals surface area contributed by atoms with Gasteiger partial charge in [-0.2, -0.15) is 5.10 Å². The van der Waals surface area contributed by atoms with E-state index in [1.165, 1.54) is 6.07 Å². The van der Waals surface area contributed by atoms with Gasteiger partial charge < -0.3 is 0 Å². The third kappa shape index (κ3) is 2.79. The Kier molecular flexibility index (Phi) is 4.60. The normalized spacial score (nSPS) is 10.8. The SMILES string of the molecule is CCc1nn(C)c(CC(=O)c2cccc(Br)c2F)c1Cl. The Morgan fingerprint density at radius 2 is 2.20 bits per heavy atom. The Hall–Kier alpha value is -1.20. The van der Waals surface area contributed by atoms with Gasteiger partial charge in [0.15, 0.2) is 5.78 Å². The third-order valence-electron chi connectivity index (χ3n) is 3.08. The summed E-state index contributed by atoms with van der Waals surface area (Å²) in [5.41, 5.74) is 1.40. The molecule has 0 unspecified atom stereocenters. The zero-order chi connectivity index (χ0) is 14.9. The fraction of sp³-hybridized carbons (Fsp3) is 0.286. The van der Waals surface area contributed by atoms with Crippen molar-refractivity contribution in [2.24, 2.45) is 7.05 Å². The zero-order valence-electron chi connectivity index (χ0n) is 11.1. The lowest BCUT2D eigenvalue weighted by Gasteiger charge is -2.05. The van der Waals surface area contributed by atoms with Crippen molar-refractivity contribution in [1.82, 2.24) is 9.78 Å². The quantitative estimate of drug-likeness (QED) is 0.774. The van der Waals surface area contributed by atoms with Gasteiger partial charge in [-0.15, -0.1) is 0 Å². The van der Waals surface area contributed by atoms with Crippen LogP contribution < -0.4 is 0 Å². The van der Waals surface area contributed by atoms with Gasteiger partial charge >= 0.3 is 0 Å². The second-order valence-electron chi connectivity index (χ2n) is 4.39. The van der Waals surface area contributed by atoms with Crippen molar-refractivity contribution in [3.05, 3.63) is 50.5 Å². The molecule has 0 atom stereocenters. The number of halogens is 3. The van der Waals surface area contributed by atoms with E-state index in [1.54, 1.807) is 23.9 Å².